The van der Waals surface area contributed by atoms with Crippen LogP contribution in [0.15, 0.2) is 35.5 Å². The van der Waals surface area contributed by atoms with E-state index < -0.39 is 6.61 Å². The lowest BCUT2D eigenvalue weighted by atomic mass is 10.2. The van der Waals surface area contributed by atoms with Gasteiger partial charge >= 0.3 is 6.61 Å². The van der Waals surface area contributed by atoms with E-state index in [0.29, 0.717) is 24.7 Å². The molecular formula is C17H23F2N5O2. The van der Waals surface area contributed by atoms with E-state index in [0.717, 1.165) is 5.69 Å². The van der Waals surface area contributed by atoms with Crippen LogP contribution in [0.3, 0.4) is 0 Å². The van der Waals surface area contributed by atoms with Crippen LogP contribution < -0.4 is 20.1 Å². The number of aryl methyl sites for hydroxylation is 1. The summed E-state index contributed by atoms with van der Waals surface area (Å²) in [6.07, 6.45) is 1.71. The summed E-state index contributed by atoms with van der Waals surface area (Å²) in [5, 5.41) is 10.3. The zero-order valence-corrected chi connectivity index (χ0v) is 15.0. The predicted molar refractivity (Wildman–Crippen MR) is 94.5 cm³/mol. The van der Waals surface area contributed by atoms with Gasteiger partial charge in [-0.05, 0) is 19.1 Å². The van der Waals surface area contributed by atoms with Gasteiger partial charge in [-0.2, -0.15) is 13.9 Å². The summed E-state index contributed by atoms with van der Waals surface area (Å²) in [5.41, 5.74) is 1.52. The molecule has 0 saturated heterocycles. The van der Waals surface area contributed by atoms with Crippen molar-refractivity contribution in [2.24, 2.45) is 12.0 Å². The van der Waals surface area contributed by atoms with Crippen molar-refractivity contribution in [3.05, 3.63) is 41.7 Å². The molecule has 2 N–H and O–H groups in total. The third kappa shape index (κ3) is 5.33. The minimum Gasteiger partial charge on any atom is -0.490 e. The highest BCUT2D eigenvalue weighted by atomic mass is 19.3. The van der Waals surface area contributed by atoms with Crippen molar-refractivity contribution in [3.63, 3.8) is 0 Å². The molecule has 0 bridgehead atoms. The van der Waals surface area contributed by atoms with Crippen molar-refractivity contribution < 1.29 is 18.3 Å². The Labute approximate surface area is 151 Å². The molecule has 7 nitrogen and oxygen atoms in total. The highest BCUT2D eigenvalue weighted by Gasteiger charge is 2.16. The molecule has 0 unspecified atom stereocenters. The highest BCUT2D eigenvalue weighted by Crippen LogP contribution is 2.32. The lowest BCUT2D eigenvalue weighted by Crippen LogP contribution is -2.36. The van der Waals surface area contributed by atoms with E-state index in [2.05, 4.69) is 25.5 Å². The number of nitrogens with one attached hydrogen (secondary N) is 2. The third-order valence-electron chi connectivity index (χ3n) is 3.60. The fourth-order valence-corrected chi connectivity index (χ4v) is 2.34. The Morgan fingerprint density at radius 1 is 1.27 bits per heavy atom. The SMILES string of the molecule is CCOc1cccc(CNC(=NC)NCc2ccnn2C)c1OC(F)F. The summed E-state index contributed by atoms with van der Waals surface area (Å²) in [4.78, 5) is 4.13. The molecule has 26 heavy (non-hydrogen) atoms. The van der Waals surface area contributed by atoms with Gasteiger partial charge in [0, 0.05) is 32.4 Å². The molecule has 9 heteroatoms. The molecular weight excluding hydrogens is 344 g/mol. The first-order valence-electron chi connectivity index (χ1n) is 8.16. The van der Waals surface area contributed by atoms with Gasteiger partial charge in [-0.1, -0.05) is 12.1 Å². The molecule has 0 spiro atoms. The molecule has 0 aliphatic heterocycles. The number of benzene rings is 1. The van der Waals surface area contributed by atoms with Crippen LogP contribution >= 0.6 is 0 Å². The summed E-state index contributed by atoms with van der Waals surface area (Å²) in [6.45, 7) is -0.0347. The number of hydrogen-bond acceptors (Lipinski definition) is 4. The van der Waals surface area contributed by atoms with E-state index in [9.17, 15) is 8.78 Å². The fraction of sp³-hybridized carbons (Fsp3) is 0.412. The van der Waals surface area contributed by atoms with Gasteiger partial charge in [-0.25, -0.2) is 0 Å². The summed E-state index contributed by atoms with van der Waals surface area (Å²) in [5.74, 6) is 0.833. The van der Waals surface area contributed by atoms with Crippen molar-refractivity contribution >= 4 is 5.96 Å². The summed E-state index contributed by atoms with van der Waals surface area (Å²) in [7, 11) is 3.48. The number of halogens is 2. The van der Waals surface area contributed by atoms with Gasteiger partial charge in [0.2, 0.25) is 0 Å². The average molecular weight is 367 g/mol. The normalized spacial score (nSPS) is 11.5. The van der Waals surface area contributed by atoms with E-state index in [4.69, 9.17) is 4.74 Å². The van der Waals surface area contributed by atoms with Gasteiger partial charge in [0.05, 0.1) is 18.8 Å². The summed E-state index contributed by atoms with van der Waals surface area (Å²) in [6, 6.07) is 6.91. The van der Waals surface area contributed by atoms with Crippen molar-refractivity contribution in [3.8, 4) is 11.5 Å². The molecule has 0 amide bonds. The highest BCUT2D eigenvalue weighted by molar-refractivity contribution is 5.79. The number of nitrogens with zero attached hydrogens (tertiary/aromatic N) is 3. The van der Waals surface area contributed by atoms with E-state index >= 15 is 0 Å². The lowest BCUT2D eigenvalue weighted by molar-refractivity contribution is -0.0520. The van der Waals surface area contributed by atoms with Crippen LogP contribution in [0.5, 0.6) is 11.5 Å². The number of para-hydroxylation sites is 1. The molecule has 142 valence electrons. The van der Waals surface area contributed by atoms with Gasteiger partial charge in [-0.15, -0.1) is 0 Å². The molecule has 0 aliphatic rings. The predicted octanol–water partition coefficient (Wildman–Crippen LogP) is 2.29. The zero-order valence-electron chi connectivity index (χ0n) is 15.0. The van der Waals surface area contributed by atoms with Crippen molar-refractivity contribution in [1.82, 2.24) is 20.4 Å². The van der Waals surface area contributed by atoms with Crippen LogP contribution in [0.2, 0.25) is 0 Å². The first-order chi connectivity index (χ1) is 12.5. The van der Waals surface area contributed by atoms with Gasteiger partial charge in [-0.3, -0.25) is 9.67 Å². The second kappa shape index (κ2) is 9.59. The molecule has 0 radical (unpaired) electrons. The first kappa shape index (κ1) is 19.5. The van der Waals surface area contributed by atoms with Crippen molar-refractivity contribution in [2.75, 3.05) is 13.7 Å². The molecule has 1 aromatic carbocycles. The Bertz CT molecular complexity index is 734. The smallest absolute Gasteiger partial charge is 0.387 e. The quantitative estimate of drug-likeness (QED) is 0.553. The molecule has 1 aromatic heterocycles. The standard InChI is InChI=1S/C17H23F2N5O2/c1-4-25-14-7-5-6-12(15(14)26-16(18)19)10-21-17(20-2)22-11-13-8-9-23-24(13)3/h5-9,16H,4,10-11H2,1-3H3,(H2,20,21,22). The summed E-state index contributed by atoms with van der Waals surface area (Å²) >= 11 is 0. The third-order valence-corrected chi connectivity index (χ3v) is 3.60. The number of alkyl halides is 2. The topological polar surface area (TPSA) is 72.7 Å². The van der Waals surface area contributed by atoms with E-state index in [1.807, 2.05) is 13.1 Å². The second-order valence-electron chi connectivity index (χ2n) is 5.28. The number of guanidine groups is 1. The van der Waals surface area contributed by atoms with Crippen LogP contribution in [0.4, 0.5) is 8.78 Å². The molecule has 0 aliphatic carbocycles. The monoisotopic (exact) mass is 367 g/mol. The number of aliphatic imine (C=N–C) groups is 1. The summed E-state index contributed by atoms with van der Waals surface area (Å²) < 4.78 is 37.3. The van der Waals surface area contributed by atoms with Crippen LogP contribution in [-0.2, 0) is 20.1 Å². The number of aromatic nitrogens is 2. The van der Waals surface area contributed by atoms with Gasteiger partial charge in [0.1, 0.15) is 0 Å². The maximum absolute atomic E-state index is 12.8. The van der Waals surface area contributed by atoms with Crippen molar-refractivity contribution in [1.29, 1.82) is 0 Å². The molecule has 0 atom stereocenters. The molecule has 1 heterocycles. The first-order valence-corrected chi connectivity index (χ1v) is 8.16. The lowest BCUT2D eigenvalue weighted by Gasteiger charge is -2.17. The van der Waals surface area contributed by atoms with Gasteiger partial charge in [0.25, 0.3) is 0 Å². The van der Waals surface area contributed by atoms with E-state index in [-0.39, 0.29) is 18.0 Å². The number of rotatable bonds is 8. The number of ether oxygens (including phenoxy) is 2. The van der Waals surface area contributed by atoms with Crippen LogP contribution in [-0.4, -0.2) is 36.0 Å². The zero-order chi connectivity index (χ0) is 18.9. The molecule has 2 rings (SSSR count). The van der Waals surface area contributed by atoms with Crippen LogP contribution in [0, 0.1) is 0 Å². The van der Waals surface area contributed by atoms with Crippen LogP contribution in [0.1, 0.15) is 18.2 Å². The maximum atomic E-state index is 12.8. The Kier molecular flexibility index (Phi) is 7.19. The minimum absolute atomic E-state index is 0.0268. The Balaban J connectivity index is 2.04. The Morgan fingerprint density at radius 3 is 2.65 bits per heavy atom. The average Bonchev–Trinajstić information content (AvgIpc) is 3.02. The number of hydrogen-bond donors (Lipinski definition) is 2. The van der Waals surface area contributed by atoms with Crippen LogP contribution in [0.25, 0.3) is 0 Å². The molecule has 0 fully saturated rings. The van der Waals surface area contributed by atoms with Gasteiger partial charge < -0.3 is 20.1 Å². The fourth-order valence-electron chi connectivity index (χ4n) is 2.34. The second-order valence-corrected chi connectivity index (χ2v) is 5.28. The Hall–Kier alpha value is -2.84. The van der Waals surface area contributed by atoms with E-state index in [1.54, 1.807) is 43.0 Å². The molecule has 0 saturated carbocycles. The molecule has 2 aromatic rings. The minimum atomic E-state index is -2.93. The van der Waals surface area contributed by atoms with Gasteiger partial charge in [0.15, 0.2) is 17.5 Å². The van der Waals surface area contributed by atoms with E-state index in [1.165, 1.54) is 0 Å². The maximum Gasteiger partial charge on any atom is 0.387 e. The van der Waals surface area contributed by atoms with Crippen molar-refractivity contribution in [2.45, 2.75) is 26.6 Å². The Morgan fingerprint density at radius 2 is 2.04 bits per heavy atom. The largest absolute Gasteiger partial charge is 0.490 e.